The molecule has 0 bridgehead atoms. The first kappa shape index (κ1) is 12.1. The molecule has 0 saturated heterocycles. The van der Waals surface area contributed by atoms with E-state index in [1.165, 1.54) is 16.0 Å². The van der Waals surface area contributed by atoms with Crippen molar-refractivity contribution in [2.24, 2.45) is 5.11 Å². The van der Waals surface area contributed by atoms with Gasteiger partial charge in [0.15, 0.2) is 0 Å². The summed E-state index contributed by atoms with van der Waals surface area (Å²) in [4.78, 5) is 14.3. The maximum absolute atomic E-state index is 10.7. The quantitative estimate of drug-likeness (QED) is 0.391. The molecule has 2 heterocycles. The van der Waals surface area contributed by atoms with Gasteiger partial charge in [0, 0.05) is 9.79 Å². The van der Waals surface area contributed by atoms with Crippen LogP contribution in [0.2, 0.25) is 0 Å². The molecule has 2 aromatic rings. The molecule has 1 N–H and O–H groups in total. The topological polar surface area (TPSA) is 104 Å². The van der Waals surface area contributed by atoms with Crippen LogP contribution in [0, 0.1) is 3.70 Å². The molecule has 0 amide bonds. The van der Waals surface area contributed by atoms with Crippen molar-refractivity contribution in [2.45, 2.75) is 13.1 Å². The summed E-state index contributed by atoms with van der Waals surface area (Å²) in [5.74, 6) is -0.936. The minimum absolute atomic E-state index is 0.169. The number of aromatic nitrogens is 2. The zero-order valence-electron chi connectivity index (χ0n) is 8.37. The van der Waals surface area contributed by atoms with Gasteiger partial charge in [0.25, 0.3) is 0 Å². The van der Waals surface area contributed by atoms with Gasteiger partial charge in [-0.05, 0) is 34.2 Å². The van der Waals surface area contributed by atoms with Crippen LogP contribution in [0.4, 0.5) is 0 Å². The lowest BCUT2D eigenvalue weighted by Crippen LogP contribution is -2.09. The van der Waals surface area contributed by atoms with Gasteiger partial charge in [0.1, 0.15) is 10.2 Å². The van der Waals surface area contributed by atoms with E-state index in [1.54, 1.807) is 0 Å². The minimum atomic E-state index is -0.936. The van der Waals surface area contributed by atoms with Crippen LogP contribution in [0.1, 0.15) is 4.88 Å². The highest BCUT2D eigenvalue weighted by Gasteiger charge is 2.14. The van der Waals surface area contributed by atoms with Crippen LogP contribution in [0.5, 0.6) is 0 Å². The molecule has 0 aliphatic rings. The summed E-state index contributed by atoms with van der Waals surface area (Å²) >= 11 is 3.52. The molecular formula is C8H6IN5O2S. The number of fused-ring (bicyclic) bond motifs is 1. The summed E-state index contributed by atoms with van der Waals surface area (Å²) < 4.78 is 3.13. The fraction of sp³-hybridized carbons (Fsp3) is 0.250. The van der Waals surface area contributed by atoms with Gasteiger partial charge in [-0.2, -0.15) is 5.10 Å². The van der Waals surface area contributed by atoms with E-state index < -0.39 is 5.97 Å². The zero-order chi connectivity index (χ0) is 12.4. The maximum atomic E-state index is 10.7. The van der Waals surface area contributed by atoms with Gasteiger partial charge in [-0.15, -0.1) is 11.3 Å². The van der Waals surface area contributed by atoms with E-state index in [4.69, 9.17) is 10.6 Å². The largest absolute Gasteiger partial charge is 0.480 e. The summed E-state index contributed by atoms with van der Waals surface area (Å²) in [6.07, 6.45) is 0. The van der Waals surface area contributed by atoms with E-state index in [-0.39, 0.29) is 13.1 Å². The average molecular weight is 363 g/mol. The van der Waals surface area contributed by atoms with Crippen molar-refractivity contribution in [1.29, 1.82) is 0 Å². The predicted octanol–water partition coefficient (Wildman–Crippen LogP) is 2.60. The average Bonchev–Trinajstić information content (AvgIpc) is 2.78. The first-order chi connectivity index (χ1) is 8.11. The van der Waals surface area contributed by atoms with Crippen molar-refractivity contribution >= 4 is 50.1 Å². The van der Waals surface area contributed by atoms with Crippen LogP contribution in [-0.2, 0) is 17.9 Å². The van der Waals surface area contributed by atoms with Crippen molar-refractivity contribution in [1.82, 2.24) is 9.78 Å². The Balaban J connectivity index is 2.45. The molecule has 0 fully saturated rings. The predicted molar refractivity (Wildman–Crippen MR) is 70.8 cm³/mol. The van der Waals surface area contributed by atoms with Gasteiger partial charge in [0.2, 0.25) is 0 Å². The van der Waals surface area contributed by atoms with E-state index in [1.807, 2.05) is 6.07 Å². The number of halogens is 1. The molecule has 7 nitrogen and oxygen atoms in total. The summed E-state index contributed by atoms with van der Waals surface area (Å²) in [5, 5.41) is 16.4. The van der Waals surface area contributed by atoms with E-state index >= 15 is 0 Å². The van der Waals surface area contributed by atoms with Crippen LogP contribution in [0.15, 0.2) is 11.2 Å². The molecule has 0 atom stereocenters. The highest BCUT2D eigenvalue weighted by molar-refractivity contribution is 14.1. The summed E-state index contributed by atoms with van der Waals surface area (Å²) in [7, 11) is 0. The third kappa shape index (κ3) is 2.51. The van der Waals surface area contributed by atoms with Gasteiger partial charge in [-0.1, -0.05) is 5.11 Å². The van der Waals surface area contributed by atoms with Crippen molar-refractivity contribution in [3.63, 3.8) is 0 Å². The molecule has 88 valence electrons. The highest BCUT2D eigenvalue weighted by Crippen LogP contribution is 2.30. The second-order valence-electron chi connectivity index (χ2n) is 3.16. The Morgan fingerprint density at radius 2 is 2.53 bits per heavy atom. The summed E-state index contributed by atoms with van der Waals surface area (Å²) in [6.45, 7) is 0.107. The van der Waals surface area contributed by atoms with Gasteiger partial charge in [0.05, 0.1) is 16.8 Å². The lowest BCUT2D eigenvalue weighted by molar-refractivity contribution is -0.137. The number of hydrogen-bond acceptors (Lipinski definition) is 4. The Kier molecular flexibility index (Phi) is 3.50. The second kappa shape index (κ2) is 4.90. The van der Waals surface area contributed by atoms with Gasteiger partial charge in [-0.3, -0.25) is 9.48 Å². The monoisotopic (exact) mass is 363 g/mol. The number of carbonyl (C=O) groups is 1. The number of nitrogens with zero attached hydrogens (tertiary/aromatic N) is 5. The Labute approximate surface area is 113 Å². The smallest absolute Gasteiger partial charge is 0.325 e. The number of thiophene rings is 1. The molecule has 0 radical (unpaired) electrons. The van der Waals surface area contributed by atoms with Crippen LogP contribution in [0.25, 0.3) is 20.7 Å². The summed E-state index contributed by atoms with van der Waals surface area (Å²) in [6, 6.07) is 1.81. The molecule has 0 unspecified atom stereocenters. The molecule has 0 aliphatic carbocycles. The lowest BCUT2D eigenvalue weighted by atomic mass is 10.4. The fourth-order valence-corrected chi connectivity index (χ4v) is 3.22. The highest BCUT2D eigenvalue weighted by atomic mass is 127. The van der Waals surface area contributed by atoms with Crippen LogP contribution >= 0.6 is 33.9 Å². The van der Waals surface area contributed by atoms with Crippen molar-refractivity contribution in [3.8, 4) is 0 Å². The van der Waals surface area contributed by atoms with Crippen LogP contribution in [0.3, 0.4) is 0 Å². The van der Waals surface area contributed by atoms with E-state index in [0.29, 0.717) is 0 Å². The Hall–Kier alpha value is -1.32. The molecule has 2 aromatic heterocycles. The van der Waals surface area contributed by atoms with E-state index in [0.717, 1.165) is 18.8 Å². The Bertz CT molecular complexity index is 627. The number of rotatable bonds is 4. The molecule has 0 saturated carbocycles. The molecule has 0 aliphatic heterocycles. The summed E-state index contributed by atoms with van der Waals surface area (Å²) in [5.41, 5.74) is 9.02. The molecule has 0 aromatic carbocycles. The Morgan fingerprint density at radius 1 is 1.76 bits per heavy atom. The minimum Gasteiger partial charge on any atom is -0.480 e. The fourth-order valence-electron chi connectivity index (χ4n) is 1.40. The van der Waals surface area contributed by atoms with Crippen molar-refractivity contribution in [2.75, 3.05) is 0 Å². The first-order valence-corrected chi connectivity index (χ1v) is 6.38. The lowest BCUT2D eigenvalue weighted by Gasteiger charge is -1.95. The second-order valence-corrected chi connectivity index (χ2v) is 5.32. The van der Waals surface area contributed by atoms with E-state index in [9.17, 15) is 4.79 Å². The molecule has 17 heavy (non-hydrogen) atoms. The standard InChI is InChI=1S/C8H6IN5O2S/c9-8-7-5(14(12-8)3-6(15)16)1-4(17-7)2-11-13-10/h1H,2-3H2,(H,15,16). The number of aliphatic carboxylic acids is 1. The normalized spacial score (nSPS) is 10.4. The molecule has 2 rings (SSSR count). The molecule has 0 spiro atoms. The zero-order valence-corrected chi connectivity index (χ0v) is 11.3. The SMILES string of the molecule is [N-]=[N+]=NCc1cc2c(s1)c(I)nn2CC(=O)O. The van der Waals surface area contributed by atoms with Gasteiger partial charge >= 0.3 is 5.97 Å². The maximum Gasteiger partial charge on any atom is 0.325 e. The number of carboxylic acids is 1. The number of carboxylic acid groups (broad SMARTS) is 1. The molecule has 9 heteroatoms. The van der Waals surface area contributed by atoms with Crippen LogP contribution < -0.4 is 0 Å². The molecular weight excluding hydrogens is 357 g/mol. The van der Waals surface area contributed by atoms with Crippen molar-refractivity contribution < 1.29 is 9.90 Å². The number of hydrogen-bond donors (Lipinski definition) is 1. The van der Waals surface area contributed by atoms with Gasteiger partial charge in [-0.25, -0.2) is 0 Å². The van der Waals surface area contributed by atoms with E-state index in [2.05, 4.69) is 37.7 Å². The third-order valence-corrected chi connectivity index (χ3v) is 4.25. The van der Waals surface area contributed by atoms with Crippen LogP contribution in [-0.4, -0.2) is 20.9 Å². The number of azide groups is 1. The van der Waals surface area contributed by atoms with Gasteiger partial charge < -0.3 is 5.11 Å². The third-order valence-electron chi connectivity index (χ3n) is 2.01. The first-order valence-electron chi connectivity index (χ1n) is 4.49. The Morgan fingerprint density at radius 3 is 3.18 bits per heavy atom. The van der Waals surface area contributed by atoms with Crippen molar-refractivity contribution in [3.05, 3.63) is 25.1 Å².